The van der Waals surface area contributed by atoms with Gasteiger partial charge >= 0.3 is 0 Å². The van der Waals surface area contributed by atoms with Gasteiger partial charge in [0, 0.05) is 6.20 Å². The highest BCUT2D eigenvalue weighted by atomic mass is 35.5. The van der Waals surface area contributed by atoms with Crippen molar-refractivity contribution >= 4 is 11.6 Å². The third-order valence-electron chi connectivity index (χ3n) is 0.994. The van der Waals surface area contributed by atoms with Crippen LogP contribution in [0.2, 0.25) is 5.02 Å². The molecule has 0 atom stereocenters. The molecular weight excluding hydrogens is 160 g/mol. The molecule has 1 aromatic heterocycles. The molecule has 0 saturated carbocycles. The fourth-order valence-electron chi connectivity index (χ4n) is 0.558. The molecule has 0 unspecified atom stereocenters. The van der Waals surface area contributed by atoms with Crippen molar-refractivity contribution in [3.05, 3.63) is 29.0 Å². The van der Waals surface area contributed by atoms with Gasteiger partial charge in [-0.05, 0) is 12.1 Å². The Balaban J connectivity index is 3.03. The Labute approximate surface area is 61.7 Å². The maximum absolute atomic E-state index is 11.9. The lowest BCUT2D eigenvalue weighted by Crippen LogP contribution is -1.88. The molecule has 0 aliphatic rings. The maximum Gasteiger partial charge on any atom is 0.281 e. The van der Waals surface area contributed by atoms with Crippen molar-refractivity contribution < 1.29 is 8.78 Å². The summed E-state index contributed by atoms with van der Waals surface area (Å²) in [5.41, 5.74) is -0.357. The molecule has 0 N–H and O–H groups in total. The molecule has 0 aliphatic heterocycles. The molecule has 1 aromatic rings. The van der Waals surface area contributed by atoms with E-state index in [0.717, 1.165) is 0 Å². The summed E-state index contributed by atoms with van der Waals surface area (Å²) in [6.45, 7) is 0. The van der Waals surface area contributed by atoms with Crippen LogP contribution in [0.15, 0.2) is 18.3 Å². The van der Waals surface area contributed by atoms with Gasteiger partial charge in [-0.25, -0.2) is 8.78 Å². The van der Waals surface area contributed by atoms with Crippen molar-refractivity contribution in [3.63, 3.8) is 0 Å². The quantitative estimate of drug-likeness (QED) is 0.620. The Kier molecular flexibility index (Phi) is 2.17. The first kappa shape index (κ1) is 7.41. The summed E-state index contributed by atoms with van der Waals surface area (Å²) in [5, 5.41) is 0.0116. The van der Waals surface area contributed by atoms with E-state index in [4.69, 9.17) is 11.6 Å². The fraction of sp³-hybridized carbons (Fsp3) is 0.167. The summed E-state index contributed by atoms with van der Waals surface area (Å²) < 4.78 is 23.8. The minimum atomic E-state index is -2.59. The van der Waals surface area contributed by atoms with Crippen LogP contribution < -0.4 is 0 Å². The third-order valence-corrected chi connectivity index (χ3v) is 1.31. The predicted molar refractivity (Wildman–Crippen MR) is 34.2 cm³/mol. The van der Waals surface area contributed by atoms with Crippen molar-refractivity contribution in [2.45, 2.75) is 6.43 Å². The normalized spacial score (nSPS) is 10.4. The molecule has 0 aliphatic carbocycles. The number of hydrogen-bond donors (Lipinski definition) is 0. The van der Waals surface area contributed by atoms with Gasteiger partial charge in [0.15, 0.2) is 0 Å². The van der Waals surface area contributed by atoms with Gasteiger partial charge in [-0.2, -0.15) is 0 Å². The van der Waals surface area contributed by atoms with Crippen LogP contribution in [0, 0.1) is 0 Å². The molecule has 1 rings (SSSR count). The molecule has 0 spiro atoms. The standard InChI is InChI=1S/C6H4ClF2N/c7-4-2-1-3-10-5(4)6(8)9/h1-3,6H. The second-order valence-corrected chi connectivity index (χ2v) is 2.08. The highest BCUT2D eigenvalue weighted by Crippen LogP contribution is 2.23. The molecule has 0 aromatic carbocycles. The Morgan fingerprint density at radius 3 is 2.60 bits per heavy atom. The largest absolute Gasteiger partial charge is 0.281 e. The Hall–Kier alpha value is -0.700. The van der Waals surface area contributed by atoms with Gasteiger partial charge < -0.3 is 0 Å². The van der Waals surface area contributed by atoms with E-state index in [2.05, 4.69) is 4.98 Å². The summed E-state index contributed by atoms with van der Waals surface area (Å²) in [5.74, 6) is 0. The van der Waals surface area contributed by atoms with E-state index in [1.807, 2.05) is 0 Å². The molecule has 10 heavy (non-hydrogen) atoms. The average molecular weight is 164 g/mol. The van der Waals surface area contributed by atoms with Crippen molar-refractivity contribution in [2.24, 2.45) is 0 Å². The van der Waals surface area contributed by atoms with Crippen LogP contribution in [-0.2, 0) is 0 Å². The van der Waals surface area contributed by atoms with Gasteiger partial charge in [0.2, 0.25) is 0 Å². The highest BCUT2D eigenvalue weighted by Gasteiger charge is 2.11. The molecule has 0 bridgehead atoms. The van der Waals surface area contributed by atoms with Gasteiger partial charge in [0.25, 0.3) is 6.43 Å². The van der Waals surface area contributed by atoms with Crippen LogP contribution in [0.1, 0.15) is 12.1 Å². The Morgan fingerprint density at radius 1 is 1.50 bits per heavy atom. The van der Waals surface area contributed by atoms with Gasteiger partial charge in [-0.15, -0.1) is 0 Å². The molecular formula is C6H4ClF2N. The monoisotopic (exact) mass is 163 g/mol. The minimum Gasteiger partial charge on any atom is -0.254 e. The zero-order chi connectivity index (χ0) is 7.56. The number of aromatic nitrogens is 1. The minimum absolute atomic E-state index is 0.0116. The smallest absolute Gasteiger partial charge is 0.254 e. The van der Waals surface area contributed by atoms with Gasteiger partial charge in [-0.1, -0.05) is 11.6 Å². The van der Waals surface area contributed by atoms with Crippen molar-refractivity contribution in [1.29, 1.82) is 0 Å². The van der Waals surface area contributed by atoms with Gasteiger partial charge in [0.05, 0.1) is 5.02 Å². The number of nitrogens with zero attached hydrogens (tertiary/aromatic N) is 1. The van der Waals surface area contributed by atoms with E-state index in [0.29, 0.717) is 0 Å². The van der Waals surface area contributed by atoms with Gasteiger partial charge in [0.1, 0.15) is 5.69 Å². The maximum atomic E-state index is 11.9. The van der Waals surface area contributed by atoms with Crippen LogP contribution in [0.5, 0.6) is 0 Å². The van der Waals surface area contributed by atoms with Crippen LogP contribution in [0.4, 0.5) is 8.78 Å². The van der Waals surface area contributed by atoms with Crippen LogP contribution in [0.25, 0.3) is 0 Å². The Bertz CT molecular complexity index is 227. The lowest BCUT2D eigenvalue weighted by Gasteiger charge is -1.98. The van der Waals surface area contributed by atoms with Gasteiger partial charge in [-0.3, -0.25) is 4.98 Å². The molecule has 0 fully saturated rings. The first-order valence-electron chi connectivity index (χ1n) is 2.60. The molecule has 54 valence electrons. The Morgan fingerprint density at radius 2 is 2.20 bits per heavy atom. The topological polar surface area (TPSA) is 12.9 Å². The average Bonchev–Trinajstić information content (AvgIpc) is 1.88. The zero-order valence-electron chi connectivity index (χ0n) is 4.89. The van der Waals surface area contributed by atoms with E-state index in [-0.39, 0.29) is 10.7 Å². The SMILES string of the molecule is FC(F)c1ncccc1Cl. The summed E-state index contributed by atoms with van der Waals surface area (Å²) in [4.78, 5) is 3.40. The number of halogens is 3. The number of rotatable bonds is 1. The first-order valence-corrected chi connectivity index (χ1v) is 2.98. The molecule has 0 amide bonds. The second kappa shape index (κ2) is 2.92. The van der Waals surface area contributed by atoms with Crippen molar-refractivity contribution in [2.75, 3.05) is 0 Å². The number of pyridine rings is 1. The number of alkyl halides is 2. The summed E-state index contributed by atoms with van der Waals surface area (Å²) in [6, 6.07) is 2.89. The molecule has 0 radical (unpaired) electrons. The van der Waals surface area contributed by atoms with E-state index in [1.54, 1.807) is 0 Å². The fourth-order valence-corrected chi connectivity index (χ4v) is 0.762. The predicted octanol–water partition coefficient (Wildman–Crippen LogP) is 2.67. The van der Waals surface area contributed by atoms with E-state index in [1.165, 1.54) is 18.3 Å². The zero-order valence-corrected chi connectivity index (χ0v) is 5.65. The van der Waals surface area contributed by atoms with Crippen molar-refractivity contribution in [3.8, 4) is 0 Å². The summed E-state index contributed by atoms with van der Waals surface area (Å²) in [6.07, 6.45) is -1.30. The second-order valence-electron chi connectivity index (χ2n) is 1.67. The molecule has 0 saturated heterocycles. The molecule has 1 heterocycles. The lowest BCUT2D eigenvalue weighted by molar-refractivity contribution is 0.146. The van der Waals surface area contributed by atoms with E-state index < -0.39 is 6.43 Å². The number of hydrogen-bond acceptors (Lipinski definition) is 1. The van der Waals surface area contributed by atoms with Crippen LogP contribution in [-0.4, -0.2) is 4.98 Å². The summed E-state index contributed by atoms with van der Waals surface area (Å²) >= 11 is 5.38. The van der Waals surface area contributed by atoms with E-state index >= 15 is 0 Å². The first-order chi connectivity index (χ1) is 4.72. The highest BCUT2D eigenvalue weighted by molar-refractivity contribution is 6.31. The van der Waals surface area contributed by atoms with Crippen LogP contribution in [0.3, 0.4) is 0 Å². The molecule has 1 nitrogen and oxygen atoms in total. The van der Waals surface area contributed by atoms with Crippen LogP contribution >= 0.6 is 11.6 Å². The third kappa shape index (κ3) is 1.42. The van der Waals surface area contributed by atoms with E-state index in [9.17, 15) is 8.78 Å². The molecule has 4 heteroatoms. The lowest BCUT2D eigenvalue weighted by atomic mass is 10.4. The summed E-state index contributed by atoms with van der Waals surface area (Å²) in [7, 11) is 0. The van der Waals surface area contributed by atoms with Crippen molar-refractivity contribution in [1.82, 2.24) is 4.98 Å².